The zero-order chi connectivity index (χ0) is 15.6. The van der Waals surface area contributed by atoms with Crippen LogP contribution in [0.3, 0.4) is 0 Å². The molecule has 2 saturated heterocycles. The van der Waals surface area contributed by atoms with Crippen LogP contribution >= 0.6 is 0 Å². The molecule has 1 unspecified atom stereocenters. The fourth-order valence-electron chi connectivity index (χ4n) is 2.97. The number of piperidine rings is 1. The first-order chi connectivity index (χ1) is 10.6. The zero-order valence-electron chi connectivity index (χ0n) is 12.2. The van der Waals surface area contributed by atoms with Crippen LogP contribution in [-0.4, -0.2) is 48.5 Å². The third-order valence-corrected chi connectivity index (χ3v) is 4.27. The maximum atomic E-state index is 13.4. The van der Waals surface area contributed by atoms with E-state index >= 15 is 0 Å². The molecule has 0 aliphatic carbocycles. The second kappa shape index (κ2) is 6.04. The lowest BCUT2D eigenvalue weighted by Gasteiger charge is -2.37. The van der Waals surface area contributed by atoms with E-state index in [-0.39, 0.29) is 30.6 Å². The van der Waals surface area contributed by atoms with Crippen LogP contribution in [-0.2, 0) is 14.3 Å². The van der Waals surface area contributed by atoms with Gasteiger partial charge in [0.05, 0.1) is 6.54 Å². The van der Waals surface area contributed by atoms with E-state index in [4.69, 9.17) is 9.47 Å². The number of ether oxygens (including phenoxy) is 2. The van der Waals surface area contributed by atoms with Crippen molar-refractivity contribution in [3.8, 4) is 5.75 Å². The number of carbonyl (C=O) groups is 2. The molecule has 1 aromatic carbocycles. The third kappa shape index (κ3) is 2.83. The number of hydrogen-bond acceptors (Lipinski definition) is 4. The Labute approximate surface area is 128 Å². The number of amides is 1. The fourth-order valence-corrected chi connectivity index (χ4v) is 2.97. The molecule has 5 nitrogen and oxygen atoms in total. The average molecular weight is 307 g/mol. The summed E-state index contributed by atoms with van der Waals surface area (Å²) < 4.78 is 24.2. The first-order valence-corrected chi connectivity index (χ1v) is 7.43. The first-order valence-electron chi connectivity index (χ1n) is 7.43. The lowest BCUT2D eigenvalue weighted by atomic mass is 9.87. The van der Waals surface area contributed by atoms with Gasteiger partial charge in [-0.1, -0.05) is 12.1 Å². The molecule has 118 valence electrons. The molecule has 2 aliphatic heterocycles. The molecule has 0 aromatic heterocycles. The van der Waals surface area contributed by atoms with Crippen LogP contribution < -0.4 is 4.74 Å². The minimum Gasteiger partial charge on any atom is -0.481 e. The predicted molar refractivity (Wildman–Crippen MR) is 76.0 cm³/mol. The number of hydrogen-bond donors (Lipinski definition) is 0. The van der Waals surface area contributed by atoms with Gasteiger partial charge in [-0.3, -0.25) is 9.59 Å². The van der Waals surface area contributed by atoms with Crippen LogP contribution in [0.4, 0.5) is 4.39 Å². The van der Waals surface area contributed by atoms with Gasteiger partial charge in [0.15, 0.2) is 24.0 Å². The Hall–Kier alpha value is -1.95. The van der Waals surface area contributed by atoms with Crippen LogP contribution in [0.1, 0.15) is 19.3 Å². The summed E-state index contributed by atoms with van der Waals surface area (Å²) in [6.45, 7) is 0.836. The van der Waals surface area contributed by atoms with Gasteiger partial charge in [0.1, 0.15) is 5.60 Å². The Balaban J connectivity index is 1.55. The highest BCUT2D eigenvalue weighted by atomic mass is 19.1. The number of rotatable bonds is 3. The summed E-state index contributed by atoms with van der Waals surface area (Å²) in [7, 11) is 0. The lowest BCUT2D eigenvalue weighted by molar-refractivity contribution is -0.153. The number of Topliss-reactive ketones (excluding diaryl/α,β-unsaturated/α-hetero) is 1. The Kier molecular flexibility index (Phi) is 4.11. The van der Waals surface area contributed by atoms with E-state index in [2.05, 4.69) is 0 Å². The standard InChI is InChI=1S/C16H18FNO4/c17-12-4-1-2-5-13(12)21-11-15(20)18-8-7-16(14(19)10-18)6-3-9-22-16/h1-2,4-5H,3,6-11H2. The molecule has 0 N–H and O–H groups in total. The topological polar surface area (TPSA) is 55.8 Å². The summed E-state index contributed by atoms with van der Waals surface area (Å²) in [5, 5.41) is 0. The summed E-state index contributed by atoms with van der Waals surface area (Å²) in [6.07, 6.45) is 2.15. The van der Waals surface area contributed by atoms with Crippen LogP contribution in [0, 0.1) is 5.82 Å². The van der Waals surface area contributed by atoms with Crippen molar-refractivity contribution in [2.45, 2.75) is 24.9 Å². The lowest BCUT2D eigenvalue weighted by Crippen LogP contribution is -2.54. The Morgan fingerprint density at radius 3 is 2.86 bits per heavy atom. The third-order valence-electron chi connectivity index (χ3n) is 4.27. The molecular weight excluding hydrogens is 289 g/mol. The molecular formula is C16H18FNO4. The van der Waals surface area contributed by atoms with Gasteiger partial charge in [-0.05, 0) is 25.0 Å². The Morgan fingerprint density at radius 2 is 2.18 bits per heavy atom. The number of carbonyl (C=O) groups excluding carboxylic acids is 2. The highest BCUT2D eigenvalue weighted by molar-refractivity contribution is 5.93. The van der Waals surface area contributed by atoms with E-state index in [1.165, 1.54) is 17.0 Å². The van der Waals surface area contributed by atoms with Gasteiger partial charge in [0, 0.05) is 19.6 Å². The number of nitrogens with zero attached hydrogens (tertiary/aromatic N) is 1. The summed E-state index contributed by atoms with van der Waals surface area (Å²) in [6, 6.07) is 5.92. The Morgan fingerprint density at radius 1 is 1.36 bits per heavy atom. The smallest absolute Gasteiger partial charge is 0.260 e. The highest BCUT2D eigenvalue weighted by Gasteiger charge is 2.46. The number of para-hydroxylation sites is 1. The van der Waals surface area contributed by atoms with Crippen molar-refractivity contribution in [3.63, 3.8) is 0 Å². The molecule has 0 saturated carbocycles. The van der Waals surface area contributed by atoms with Crippen molar-refractivity contribution in [2.75, 3.05) is 26.3 Å². The minimum absolute atomic E-state index is 0.0368. The van der Waals surface area contributed by atoms with Crippen LogP contribution in [0.25, 0.3) is 0 Å². The normalized spacial score (nSPS) is 24.8. The molecule has 2 aliphatic rings. The summed E-state index contributed by atoms with van der Waals surface area (Å²) in [5.74, 6) is -0.835. The molecule has 0 bridgehead atoms. The molecule has 1 spiro atoms. The summed E-state index contributed by atoms with van der Waals surface area (Å²) in [4.78, 5) is 25.8. The highest BCUT2D eigenvalue weighted by Crippen LogP contribution is 2.33. The molecule has 0 radical (unpaired) electrons. The van der Waals surface area contributed by atoms with Gasteiger partial charge in [-0.2, -0.15) is 0 Å². The van der Waals surface area contributed by atoms with Gasteiger partial charge in [0.25, 0.3) is 5.91 Å². The van der Waals surface area contributed by atoms with Crippen LogP contribution in [0.5, 0.6) is 5.75 Å². The van der Waals surface area contributed by atoms with Crippen LogP contribution in [0.2, 0.25) is 0 Å². The molecule has 2 fully saturated rings. The quantitative estimate of drug-likeness (QED) is 0.850. The summed E-state index contributed by atoms with van der Waals surface area (Å²) in [5.41, 5.74) is -0.677. The molecule has 2 heterocycles. The molecule has 1 amide bonds. The van der Waals surface area contributed by atoms with Crippen molar-refractivity contribution < 1.29 is 23.5 Å². The summed E-state index contributed by atoms with van der Waals surface area (Å²) >= 11 is 0. The molecule has 1 aromatic rings. The van der Waals surface area contributed by atoms with E-state index in [1.807, 2.05) is 0 Å². The fraction of sp³-hybridized carbons (Fsp3) is 0.500. The molecule has 6 heteroatoms. The SMILES string of the molecule is O=C(COc1ccccc1F)N1CCC2(CCCO2)C(=O)C1. The minimum atomic E-state index is -0.677. The van der Waals surface area contributed by atoms with Crippen LogP contribution in [0.15, 0.2) is 24.3 Å². The Bertz CT molecular complexity index is 583. The average Bonchev–Trinajstić information content (AvgIpc) is 2.99. The second-order valence-corrected chi connectivity index (χ2v) is 5.65. The van der Waals surface area contributed by atoms with E-state index < -0.39 is 11.4 Å². The predicted octanol–water partition coefficient (Wildman–Crippen LogP) is 1.56. The van der Waals surface area contributed by atoms with Gasteiger partial charge in [-0.25, -0.2) is 4.39 Å². The van der Waals surface area contributed by atoms with Crippen molar-refractivity contribution in [2.24, 2.45) is 0 Å². The van der Waals surface area contributed by atoms with Crippen molar-refractivity contribution in [1.82, 2.24) is 4.90 Å². The second-order valence-electron chi connectivity index (χ2n) is 5.65. The number of benzene rings is 1. The molecule has 22 heavy (non-hydrogen) atoms. The van der Waals surface area contributed by atoms with E-state index in [9.17, 15) is 14.0 Å². The zero-order valence-corrected chi connectivity index (χ0v) is 12.2. The van der Waals surface area contributed by atoms with Gasteiger partial charge >= 0.3 is 0 Å². The van der Waals surface area contributed by atoms with Crippen molar-refractivity contribution in [1.29, 1.82) is 0 Å². The van der Waals surface area contributed by atoms with Gasteiger partial charge in [0.2, 0.25) is 0 Å². The largest absolute Gasteiger partial charge is 0.481 e. The van der Waals surface area contributed by atoms with Gasteiger partial charge in [-0.15, -0.1) is 0 Å². The molecule has 1 atom stereocenters. The molecule has 3 rings (SSSR count). The van der Waals surface area contributed by atoms with E-state index in [1.54, 1.807) is 12.1 Å². The van der Waals surface area contributed by atoms with E-state index in [0.717, 1.165) is 12.8 Å². The number of ketones is 1. The van der Waals surface area contributed by atoms with E-state index in [0.29, 0.717) is 19.6 Å². The maximum Gasteiger partial charge on any atom is 0.260 e. The van der Waals surface area contributed by atoms with Crippen molar-refractivity contribution in [3.05, 3.63) is 30.1 Å². The monoisotopic (exact) mass is 307 g/mol. The van der Waals surface area contributed by atoms with Gasteiger partial charge < -0.3 is 14.4 Å². The first kappa shape index (κ1) is 15.0. The number of likely N-dealkylation sites (tertiary alicyclic amines) is 1. The maximum absolute atomic E-state index is 13.4. The number of halogens is 1. The van der Waals surface area contributed by atoms with Crippen molar-refractivity contribution >= 4 is 11.7 Å².